The average Bonchev–Trinajstić information content (AvgIpc) is 2.18. The summed E-state index contributed by atoms with van der Waals surface area (Å²) >= 11 is 5.65. The van der Waals surface area contributed by atoms with Gasteiger partial charge in [-0.3, -0.25) is 4.79 Å². The fourth-order valence-corrected chi connectivity index (χ4v) is 1.15. The minimum absolute atomic E-state index is 0.0556. The molecule has 0 radical (unpaired) electrons. The van der Waals surface area contributed by atoms with Gasteiger partial charge in [-0.25, -0.2) is 4.98 Å². The second-order valence-corrected chi connectivity index (χ2v) is 3.58. The lowest BCUT2D eigenvalue weighted by Gasteiger charge is -2.09. The lowest BCUT2D eigenvalue weighted by molar-refractivity contribution is 0.0936. The van der Waals surface area contributed by atoms with Gasteiger partial charge in [-0.05, 0) is 19.1 Å². The van der Waals surface area contributed by atoms with Crippen LogP contribution in [0.25, 0.3) is 0 Å². The van der Waals surface area contributed by atoms with E-state index >= 15 is 0 Å². The molecule has 3 nitrogen and oxygen atoms in total. The van der Waals surface area contributed by atoms with Crippen molar-refractivity contribution in [2.24, 2.45) is 0 Å². The molecule has 4 heteroatoms. The van der Waals surface area contributed by atoms with Crippen LogP contribution in [0.3, 0.4) is 0 Å². The number of terminal acetylenes is 1. The highest BCUT2D eigenvalue weighted by molar-refractivity contribution is 6.30. The van der Waals surface area contributed by atoms with Gasteiger partial charge in [0.2, 0.25) is 0 Å². The molecule has 1 amide bonds. The monoisotopic (exact) mass is 222 g/mol. The van der Waals surface area contributed by atoms with E-state index < -0.39 is 0 Å². The minimum Gasteiger partial charge on any atom is -0.347 e. The van der Waals surface area contributed by atoms with Crippen LogP contribution in [0.1, 0.15) is 23.8 Å². The molecule has 0 bridgehead atoms. The predicted octanol–water partition coefficient (Wildman–Crippen LogP) is 1.88. The lowest BCUT2D eigenvalue weighted by Crippen LogP contribution is -2.32. The Balaban J connectivity index is 2.62. The van der Waals surface area contributed by atoms with E-state index in [0.717, 1.165) is 0 Å². The fraction of sp³-hybridized carbons (Fsp3) is 0.273. The van der Waals surface area contributed by atoms with Crippen LogP contribution in [-0.4, -0.2) is 16.9 Å². The van der Waals surface area contributed by atoms with Crippen molar-refractivity contribution >= 4 is 17.5 Å². The van der Waals surface area contributed by atoms with Crippen LogP contribution < -0.4 is 5.32 Å². The third-order valence-electron chi connectivity index (χ3n) is 1.76. The molecule has 0 saturated carbocycles. The highest BCUT2D eigenvalue weighted by Gasteiger charge is 2.09. The van der Waals surface area contributed by atoms with Crippen LogP contribution in [0.4, 0.5) is 0 Å². The smallest absolute Gasteiger partial charge is 0.270 e. The number of rotatable bonds is 3. The first-order valence-electron chi connectivity index (χ1n) is 4.49. The Kier molecular flexibility index (Phi) is 4.14. The van der Waals surface area contributed by atoms with E-state index in [-0.39, 0.29) is 11.9 Å². The molecule has 0 aromatic carbocycles. The van der Waals surface area contributed by atoms with Crippen molar-refractivity contribution in [1.29, 1.82) is 0 Å². The van der Waals surface area contributed by atoms with E-state index in [1.807, 2.05) is 6.92 Å². The van der Waals surface area contributed by atoms with Crippen LogP contribution >= 0.6 is 11.6 Å². The molecule has 0 aliphatic heterocycles. The predicted molar refractivity (Wildman–Crippen MR) is 59.6 cm³/mol. The van der Waals surface area contributed by atoms with Gasteiger partial charge < -0.3 is 5.32 Å². The summed E-state index contributed by atoms with van der Waals surface area (Å²) in [5.74, 6) is 2.24. The zero-order valence-corrected chi connectivity index (χ0v) is 9.08. The molecule has 0 aliphatic carbocycles. The number of halogens is 1. The van der Waals surface area contributed by atoms with Gasteiger partial charge in [0.05, 0.1) is 5.02 Å². The molecular weight excluding hydrogens is 212 g/mol. The number of amides is 1. The number of carbonyl (C=O) groups is 1. The fourth-order valence-electron chi connectivity index (χ4n) is 1.04. The van der Waals surface area contributed by atoms with Crippen LogP contribution in [0, 0.1) is 12.3 Å². The summed E-state index contributed by atoms with van der Waals surface area (Å²) in [4.78, 5) is 15.5. The molecule has 1 atom stereocenters. The first kappa shape index (κ1) is 11.5. The maximum atomic E-state index is 11.6. The van der Waals surface area contributed by atoms with Crippen molar-refractivity contribution in [3.05, 3.63) is 29.0 Å². The quantitative estimate of drug-likeness (QED) is 0.794. The molecule has 1 aromatic heterocycles. The molecule has 1 unspecified atom stereocenters. The number of nitrogens with zero attached hydrogens (tertiary/aromatic N) is 1. The highest BCUT2D eigenvalue weighted by Crippen LogP contribution is 2.06. The molecule has 0 fully saturated rings. The Morgan fingerprint density at radius 3 is 3.00 bits per heavy atom. The Hall–Kier alpha value is -1.53. The summed E-state index contributed by atoms with van der Waals surface area (Å²) in [5.41, 5.74) is 0.336. The third-order valence-corrected chi connectivity index (χ3v) is 1.99. The molecule has 0 saturated heterocycles. The summed E-state index contributed by atoms with van der Waals surface area (Å²) in [6.07, 6.45) is 7.06. The Morgan fingerprint density at radius 2 is 2.47 bits per heavy atom. The van der Waals surface area contributed by atoms with Gasteiger partial charge in [-0.2, -0.15) is 0 Å². The highest BCUT2D eigenvalue weighted by atomic mass is 35.5. The molecule has 1 N–H and O–H groups in total. The summed E-state index contributed by atoms with van der Waals surface area (Å²) < 4.78 is 0. The largest absolute Gasteiger partial charge is 0.347 e. The van der Waals surface area contributed by atoms with E-state index in [1.165, 1.54) is 6.20 Å². The zero-order chi connectivity index (χ0) is 11.3. The first-order chi connectivity index (χ1) is 7.13. The van der Waals surface area contributed by atoms with E-state index in [2.05, 4.69) is 16.2 Å². The van der Waals surface area contributed by atoms with Crippen molar-refractivity contribution in [3.63, 3.8) is 0 Å². The Labute approximate surface area is 93.9 Å². The molecule has 15 heavy (non-hydrogen) atoms. The zero-order valence-electron chi connectivity index (χ0n) is 8.33. The average molecular weight is 223 g/mol. The Morgan fingerprint density at radius 1 is 1.73 bits per heavy atom. The van der Waals surface area contributed by atoms with Gasteiger partial charge in [0.1, 0.15) is 5.69 Å². The summed E-state index contributed by atoms with van der Waals surface area (Å²) in [7, 11) is 0. The molecule has 1 heterocycles. The first-order valence-corrected chi connectivity index (χ1v) is 4.87. The number of carbonyl (C=O) groups excluding carboxylic acids is 1. The Bertz CT molecular complexity index is 381. The standard InChI is InChI=1S/C11H11ClN2O/c1-3-4-8(2)14-11(15)10-6-5-9(12)7-13-10/h1,5-8H,4H2,2H3,(H,14,15). The van der Waals surface area contributed by atoms with Crippen molar-refractivity contribution in [1.82, 2.24) is 10.3 Å². The van der Waals surface area contributed by atoms with Crippen LogP contribution in [0.5, 0.6) is 0 Å². The van der Waals surface area contributed by atoms with Gasteiger partial charge >= 0.3 is 0 Å². The maximum absolute atomic E-state index is 11.6. The van der Waals surface area contributed by atoms with E-state index in [0.29, 0.717) is 17.1 Å². The molecule has 1 aromatic rings. The summed E-state index contributed by atoms with van der Waals surface area (Å²) in [6, 6.07) is 3.13. The van der Waals surface area contributed by atoms with Crippen LogP contribution in [0.15, 0.2) is 18.3 Å². The number of nitrogens with one attached hydrogen (secondary N) is 1. The number of hydrogen-bond acceptors (Lipinski definition) is 2. The molecular formula is C11H11ClN2O. The second-order valence-electron chi connectivity index (χ2n) is 3.14. The van der Waals surface area contributed by atoms with Gasteiger partial charge in [0, 0.05) is 18.7 Å². The van der Waals surface area contributed by atoms with E-state index in [9.17, 15) is 4.79 Å². The third kappa shape index (κ3) is 3.61. The van der Waals surface area contributed by atoms with Crippen LogP contribution in [-0.2, 0) is 0 Å². The molecule has 78 valence electrons. The normalized spacial score (nSPS) is 11.5. The molecule has 1 rings (SSSR count). The topological polar surface area (TPSA) is 42.0 Å². The SMILES string of the molecule is C#CCC(C)NC(=O)c1ccc(Cl)cn1. The molecule has 0 spiro atoms. The second kappa shape index (κ2) is 5.38. The summed E-state index contributed by atoms with van der Waals surface area (Å²) in [5, 5.41) is 3.23. The van der Waals surface area contributed by atoms with Crippen molar-refractivity contribution in [2.75, 3.05) is 0 Å². The van der Waals surface area contributed by atoms with E-state index in [4.69, 9.17) is 18.0 Å². The van der Waals surface area contributed by atoms with Crippen molar-refractivity contribution in [3.8, 4) is 12.3 Å². The van der Waals surface area contributed by atoms with Gasteiger partial charge in [-0.15, -0.1) is 12.3 Å². The van der Waals surface area contributed by atoms with Gasteiger partial charge in [-0.1, -0.05) is 11.6 Å². The van der Waals surface area contributed by atoms with Gasteiger partial charge in [0.15, 0.2) is 0 Å². The van der Waals surface area contributed by atoms with E-state index in [1.54, 1.807) is 12.1 Å². The van der Waals surface area contributed by atoms with Crippen LogP contribution in [0.2, 0.25) is 5.02 Å². The number of pyridine rings is 1. The van der Waals surface area contributed by atoms with Crippen molar-refractivity contribution in [2.45, 2.75) is 19.4 Å². The summed E-state index contributed by atoms with van der Waals surface area (Å²) in [6.45, 7) is 1.84. The number of aromatic nitrogens is 1. The minimum atomic E-state index is -0.241. The van der Waals surface area contributed by atoms with Gasteiger partial charge in [0.25, 0.3) is 5.91 Å². The lowest BCUT2D eigenvalue weighted by atomic mass is 10.2. The molecule has 0 aliphatic rings. The number of hydrogen-bond donors (Lipinski definition) is 1. The maximum Gasteiger partial charge on any atom is 0.270 e. The van der Waals surface area contributed by atoms with Crippen molar-refractivity contribution < 1.29 is 4.79 Å².